The van der Waals surface area contributed by atoms with E-state index in [0.29, 0.717) is 11.5 Å². The van der Waals surface area contributed by atoms with Crippen molar-refractivity contribution in [2.24, 2.45) is 0 Å². The molecule has 0 aromatic carbocycles. The van der Waals surface area contributed by atoms with Crippen molar-refractivity contribution in [2.75, 3.05) is 6.61 Å². The summed E-state index contributed by atoms with van der Waals surface area (Å²) in [6.45, 7) is 6.70. The van der Waals surface area contributed by atoms with Crippen LogP contribution < -0.4 is 5.32 Å². The summed E-state index contributed by atoms with van der Waals surface area (Å²) in [6.07, 6.45) is 5.56. The number of carbonyl (C=O) groups excluding carboxylic acids is 1. The largest absolute Gasteiger partial charge is 0.375 e. The fourth-order valence-electron chi connectivity index (χ4n) is 2.77. The van der Waals surface area contributed by atoms with Crippen LogP contribution in [0.1, 0.15) is 42.1 Å². The lowest BCUT2D eigenvalue weighted by molar-refractivity contribution is -0.0615. The molecule has 0 unspecified atom stereocenters. The molecule has 1 aliphatic heterocycles. The molecule has 3 heterocycles. The topological polar surface area (TPSA) is 56.2 Å². The van der Waals surface area contributed by atoms with Crippen LogP contribution in [-0.2, 0) is 4.74 Å². The lowest BCUT2D eigenvalue weighted by atomic mass is 9.94. The molecule has 5 nitrogen and oxygen atoms in total. The maximum absolute atomic E-state index is 12.5. The van der Waals surface area contributed by atoms with Gasteiger partial charge in [-0.05, 0) is 45.7 Å². The molecule has 1 amide bonds. The second-order valence-corrected chi connectivity index (χ2v) is 7.25. The number of rotatable bonds is 3. The molecule has 1 fully saturated rings. The lowest BCUT2D eigenvalue weighted by Crippen LogP contribution is -2.45. The van der Waals surface area contributed by atoms with Gasteiger partial charge in [-0.1, -0.05) is 11.3 Å². The van der Waals surface area contributed by atoms with Gasteiger partial charge >= 0.3 is 0 Å². The summed E-state index contributed by atoms with van der Waals surface area (Å²) in [6, 6.07) is 4.05. The molecule has 1 aliphatic rings. The van der Waals surface area contributed by atoms with Crippen LogP contribution in [0, 0.1) is 6.92 Å². The van der Waals surface area contributed by atoms with E-state index in [2.05, 4.69) is 24.1 Å². The predicted octanol–water partition coefficient (Wildman–Crippen LogP) is 2.93. The van der Waals surface area contributed by atoms with Crippen LogP contribution in [0.2, 0.25) is 0 Å². The molecular formula is C16H21N3O2S. The Kier molecular flexibility index (Phi) is 4.06. The molecule has 2 aromatic heterocycles. The van der Waals surface area contributed by atoms with Crippen molar-refractivity contribution in [1.82, 2.24) is 14.9 Å². The van der Waals surface area contributed by atoms with E-state index in [-0.39, 0.29) is 17.6 Å². The van der Waals surface area contributed by atoms with Gasteiger partial charge in [-0.25, -0.2) is 4.98 Å². The summed E-state index contributed by atoms with van der Waals surface area (Å²) in [7, 11) is 0. The van der Waals surface area contributed by atoms with Crippen LogP contribution in [0.25, 0.3) is 5.13 Å². The molecule has 0 aliphatic carbocycles. The number of amides is 1. The van der Waals surface area contributed by atoms with Crippen molar-refractivity contribution in [3.05, 3.63) is 35.1 Å². The molecule has 1 N–H and O–H groups in total. The molecule has 0 bridgehead atoms. The summed E-state index contributed by atoms with van der Waals surface area (Å²) >= 11 is 1.42. The zero-order chi connectivity index (χ0) is 15.7. The number of aryl methyl sites for hydroxylation is 1. The Morgan fingerprint density at radius 1 is 1.45 bits per heavy atom. The number of nitrogens with one attached hydrogen (secondary N) is 1. The number of aromatic nitrogens is 2. The average molecular weight is 319 g/mol. The van der Waals surface area contributed by atoms with Gasteiger partial charge < -0.3 is 14.6 Å². The van der Waals surface area contributed by atoms with E-state index in [1.807, 2.05) is 36.0 Å². The molecule has 1 saturated heterocycles. The van der Waals surface area contributed by atoms with Crippen molar-refractivity contribution >= 4 is 17.2 Å². The summed E-state index contributed by atoms with van der Waals surface area (Å²) < 4.78 is 7.62. The maximum Gasteiger partial charge on any atom is 0.263 e. The Balaban J connectivity index is 1.73. The summed E-state index contributed by atoms with van der Waals surface area (Å²) in [5.41, 5.74) is 0.604. The first-order chi connectivity index (χ1) is 10.4. The first kappa shape index (κ1) is 15.2. The Morgan fingerprint density at radius 2 is 2.18 bits per heavy atom. The highest BCUT2D eigenvalue weighted by atomic mass is 32.1. The fraction of sp³-hybridized carbons (Fsp3) is 0.500. The molecule has 118 valence electrons. The number of thiazole rings is 1. The van der Waals surface area contributed by atoms with Crippen LogP contribution in [0.5, 0.6) is 0 Å². The van der Waals surface area contributed by atoms with Gasteiger partial charge in [0.25, 0.3) is 5.91 Å². The molecule has 2 aromatic rings. The Bertz CT molecular complexity index is 661. The molecule has 0 spiro atoms. The quantitative estimate of drug-likeness (QED) is 0.946. The second-order valence-electron chi connectivity index (χ2n) is 6.27. The van der Waals surface area contributed by atoms with Gasteiger partial charge in [0.15, 0.2) is 5.13 Å². The molecule has 3 rings (SSSR count). The highest BCUT2D eigenvalue weighted by molar-refractivity contribution is 7.16. The maximum atomic E-state index is 12.5. The minimum absolute atomic E-state index is 0.0314. The third kappa shape index (κ3) is 3.23. The smallest absolute Gasteiger partial charge is 0.263 e. The van der Waals surface area contributed by atoms with E-state index < -0.39 is 0 Å². The second kappa shape index (κ2) is 5.85. The van der Waals surface area contributed by atoms with E-state index in [4.69, 9.17) is 4.74 Å². The zero-order valence-corrected chi connectivity index (χ0v) is 13.9. The number of hydrogen-bond acceptors (Lipinski definition) is 4. The van der Waals surface area contributed by atoms with Gasteiger partial charge in [0.05, 0.1) is 11.3 Å². The van der Waals surface area contributed by atoms with Crippen LogP contribution >= 0.6 is 11.3 Å². The van der Waals surface area contributed by atoms with Crippen LogP contribution in [0.4, 0.5) is 0 Å². The number of carbonyl (C=O) groups is 1. The Morgan fingerprint density at radius 3 is 2.86 bits per heavy atom. The fourth-order valence-corrected chi connectivity index (χ4v) is 3.71. The van der Waals surface area contributed by atoms with E-state index in [1.54, 1.807) is 0 Å². The van der Waals surface area contributed by atoms with E-state index in [0.717, 1.165) is 23.7 Å². The molecule has 22 heavy (non-hydrogen) atoms. The SMILES string of the molecule is Cc1nc(-n2cccc2)sc1C(=O)N[C@@H]1CCOC(C)(C)C1. The normalized spacial score (nSPS) is 20.8. The first-order valence-electron chi connectivity index (χ1n) is 7.50. The van der Waals surface area contributed by atoms with Gasteiger partial charge in [-0.3, -0.25) is 4.79 Å². The summed E-state index contributed by atoms with van der Waals surface area (Å²) in [5, 5.41) is 3.95. The Hall–Kier alpha value is -1.66. The monoisotopic (exact) mass is 319 g/mol. The first-order valence-corrected chi connectivity index (χ1v) is 8.32. The Labute approximate surface area is 134 Å². The third-order valence-corrected chi connectivity index (χ3v) is 5.02. The molecule has 0 radical (unpaired) electrons. The van der Waals surface area contributed by atoms with E-state index >= 15 is 0 Å². The third-order valence-electron chi connectivity index (χ3n) is 3.85. The van der Waals surface area contributed by atoms with Crippen molar-refractivity contribution < 1.29 is 9.53 Å². The van der Waals surface area contributed by atoms with E-state index in [1.165, 1.54) is 11.3 Å². The lowest BCUT2D eigenvalue weighted by Gasteiger charge is -2.35. The summed E-state index contributed by atoms with van der Waals surface area (Å²) in [5.74, 6) is -0.0314. The highest BCUT2D eigenvalue weighted by Crippen LogP contribution is 2.26. The van der Waals surface area contributed by atoms with Crippen molar-refractivity contribution in [1.29, 1.82) is 0 Å². The van der Waals surface area contributed by atoms with Gasteiger partial charge in [0.2, 0.25) is 0 Å². The average Bonchev–Trinajstić information content (AvgIpc) is 3.06. The predicted molar refractivity (Wildman–Crippen MR) is 86.7 cm³/mol. The molecule has 1 atom stereocenters. The van der Waals surface area contributed by atoms with E-state index in [9.17, 15) is 4.79 Å². The van der Waals surface area contributed by atoms with Crippen molar-refractivity contribution in [3.8, 4) is 5.13 Å². The standard InChI is InChI=1S/C16H21N3O2S/c1-11-13(22-15(17-11)19-7-4-5-8-19)14(20)18-12-6-9-21-16(2,3)10-12/h4-5,7-8,12H,6,9-10H2,1-3H3,(H,18,20)/t12-/m1/s1. The van der Waals surface area contributed by atoms with Gasteiger partial charge in [0.1, 0.15) is 4.88 Å². The minimum Gasteiger partial charge on any atom is -0.375 e. The minimum atomic E-state index is -0.171. The van der Waals surface area contributed by atoms with Crippen LogP contribution in [0.15, 0.2) is 24.5 Å². The molecular weight excluding hydrogens is 298 g/mol. The zero-order valence-electron chi connectivity index (χ0n) is 13.1. The van der Waals surface area contributed by atoms with Gasteiger partial charge in [-0.15, -0.1) is 0 Å². The van der Waals surface area contributed by atoms with Crippen LogP contribution in [-0.4, -0.2) is 33.7 Å². The molecule has 6 heteroatoms. The number of nitrogens with zero attached hydrogens (tertiary/aromatic N) is 2. The number of hydrogen-bond donors (Lipinski definition) is 1. The summed E-state index contributed by atoms with van der Waals surface area (Å²) in [4.78, 5) is 17.7. The van der Waals surface area contributed by atoms with Gasteiger partial charge in [-0.2, -0.15) is 0 Å². The van der Waals surface area contributed by atoms with Crippen molar-refractivity contribution in [2.45, 2.75) is 45.3 Å². The number of ether oxygens (including phenoxy) is 1. The highest BCUT2D eigenvalue weighted by Gasteiger charge is 2.30. The van der Waals surface area contributed by atoms with Gasteiger partial charge in [0, 0.05) is 25.0 Å². The molecule has 0 saturated carbocycles. The van der Waals surface area contributed by atoms with Crippen molar-refractivity contribution in [3.63, 3.8) is 0 Å². The van der Waals surface area contributed by atoms with Crippen LogP contribution in [0.3, 0.4) is 0 Å².